The molecule has 3 unspecified atom stereocenters. The smallest absolute Gasteiger partial charge is 0.306 e. The van der Waals surface area contributed by atoms with Gasteiger partial charge < -0.3 is 25.2 Å². The molecule has 4 N–H and O–H groups in total. The second kappa shape index (κ2) is 19.6. The number of aliphatic hydroxyl groups excluding tert-OH is 4. The highest BCUT2D eigenvalue weighted by Gasteiger charge is 2.15. The van der Waals surface area contributed by atoms with Gasteiger partial charge in [0.1, 0.15) is 6.10 Å². The maximum absolute atomic E-state index is 11.6. The average molecular weight is 405 g/mol. The van der Waals surface area contributed by atoms with Gasteiger partial charge in [0.25, 0.3) is 0 Å². The van der Waals surface area contributed by atoms with E-state index in [1.165, 1.54) is 0 Å². The summed E-state index contributed by atoms with van der Waals surface area (Å²) < 4.78 is 5.14. The van der Waals surface area contributed by atoms with Crippen LogP contribution in [0.15, 0.2) is 0 Å². The van der Waals surface area contributed by atoms with Crippen LogP contribution in [0.1, 0.15) is 103 Å². The molecule has 0 heterocycles. The van der Waals surface area contributed by atoms with E-state index in [0.717, 1.165) is 70.6 Å². The summed E-state index contributed by atoms with van der Waals surface area (Å²) >= 11 is 0. The summed E-state index contributed by atoms with van der Waals surface area (Å²) in [4.78, 5) is 11.6. The summed E-state index contributed by atoms with van der Waals surface area (Å²) in [6.07, 6.45) is 11.4. The van der Waals surface area contributed by atoms with Crippen molar-refractivity contribution >= 4 is 5.97 Å². The minimum absolute atomic E-state index is 0.124. The Morgan fingerprint density at radius 1 is 0.750 bits per heavy atom. The van der Waals surface area contributed by atoms with Crippen LogP contribution in [-0.4, -0.2) is 57.9 Å². The van der Waals surface area contributed by atoms with Crippen molar-refractivity contribution in [1.82, 2.24) is 0 Å². The van der Waals surface area contributed by atoms with Crippen LogP contribution in [0.4, 0.5) is 0 Å². The zero-order chi connectivity index (χ0) is 21.0. The number of carbonyl (C=O) groups is 1. The van der Waals surface area contributed by atoms with Crippen molar-refractivity contribution < 1.29 is 30.0 Å². The standard InChI is InChI=1S/C22H44O6/c1-2-19(18-24)28-22(27)16-12-8-5-7-11-15-21(26)20(25)14-10-6-3-4-9-13-17-23/h19-21,23-26H,2-18H2,1H3. The number of hydrogen-bond donors (Lipinski definition) is 4. The molecule has 168 valence electrons. The first kappa shape index (κ1) is 27.3. The highest BCUT2D eigenvalue weighted by molar-refractivity contribution is 5.69. The Labute approximate surface area is 171 Å². The number of aliphatic hydroxyl groups is 4. The SMILES string of the molecule is CCC(CO)OC(=O)CCCCCCCC(O)C(O)CCCCCCCCO. The van der Waals surface area contributed by atoms with E-state index in [4.69, 9.17) is 14.9 Å². The number of unbranched alkanes of at least 4 members (excludes halogenated alkanes) is 9. The Morgan fingerprint density at radius 2 is 1.21 bits per heavy atom. The van der Waals surface area contributed by atoms with E-state index in [2.05, 4.69) is 0 Å². The highest BCUT2D eigenvalue weighted by Crippen LogP contribution is 2.15. The quantitative estimate of drug-likeness (QED) is 0.183. The van der Waals surface area contributed by atoms with Gasteiger partial charge in [0.05, 0.1) is 18.8 Å². The van der Waals surface area contributed by atoms with Gasteiger partial charge in [-0.2, -0.15) is 0 Å². The lowest BCUT2D eigenvalue weighted by Gasteiger charge is -2.17. The van der Waals surface area contributed by atoms with Gasteiger partial charge in [-0.15, -0.1) is 0 Å². The van der Waals surface area contributed by atoms with E-state index < -0.39 is 12.2 Å². The molecule has 0 fully saturated rings. The minimum Gasteiger partial charge on any atom is -0.460 e. The second-order valence-electron chi connectivity index (χ2n) is 7.78. The maximum Gasteiger partial charge on any atom is 0.306 e. The molecule has 0 rings (SSSR count). The van der Waals surface area contributed by atoms with Crippen LogP contribution in [-0.2, 0) is 9.53 Å². The number of hydrogen-bond acceptors (Lipinski definition) is 6. The molecule has 0 aromatic rings. The first-order valence-corrected chi connectivity index (χ1v) is 11.3. The molecule has 0 aliphatic rings. The third kappa shape index (κ3) is 16.3. The van der Waals surface area contributed by atoms with Crippen LogP contribution in [0.5, 0.6) is 0 Å². The summed E-state index contributed by atoms with van der Waals surface area (Å²) in [6.45, 7) is 2.02. The fraction of sp³-hybridized carbons (Fsp3) is 0.955. The van der Waals surface area contributed by atoms with Crippen molar-refractivity contribution in [2.24, 2.45) is 0 Å². The summed E-state index contributed by atoms with van der Waals surface area (Å²) in [7, 11) is 0. The molecule has 0 aliphatic carbocycles. The first-order chi connectivity index (χ1) is 13.5. The predicted octanol–water partition coefficient (Wildman–Crippen LogP) is 3.48. The predicted molar refractivity (Wildman–Crippen MR) is 111 cm³/mol. The molecule has 6 nitrogen and oxygen atoms in total. The summed E-state index contributed by atoms with van der Waals surface area (Å²) in [5, 5.41) is 37.8. The lowest BCUT2D eigenvalue weighted by atomic mass is 9.99. The molecule has 6 heteroatoms. The summed E-state index contributed by atoms with van der Waals surface area (Å²) in [5.41, 5.74) is 0. The Kier molecular flexibility index (Phi) is 19.1. The van der Waals surface area contributed by atoms with Gasteiger partial charge in [-0.1, -0.05) is 64.7 Å². The van der Waals surface area contributed by atoms with Gasteiger partial charge in [0.15, 0.2) is 0 Å². The first-order valence-electron chi connectivity index (χ1n) is 11.3. The average Bonchev–Trinajstić information content (AvgIpc) is 2.70. The molecular weight excluding hydrogens is 360 g/mol. The number of carbonyl (C=O) groups excluding carboxylic acids is 1. The van der Waals surface area contributed by atoms with Crippen molar-refractivity contribution in [2.75, 3.05) is 13.2 Å². The number of esters is 1. The molecule has 0 bridgehead atoms. The zero-order valence-electron chi connectivity index (χ0n) is 17.9. The minimum atomic E-state index is -0.645. The molecule has 0 amide bonds. The lowest BCUT2D eigenvalue weighted by Crippen LogP contribution is -2.25. The van der Waals surface area contributed by atoms with Crippen LogP contribution >= 0.6 is 0 Å². The van der Waals surface area contributed by atoms with Gasteiger partial charge >= 0.3 is 5.97 Å². The fourth-order valence-electron chi connectivity index (χ4n) is 3.20. The van der Waals surface area contributed by atoms with Gasteiger partial charge in [0, 0.05) is 13.0 Å². The third-order valence-electron chi connectivity index (χ3n) is 5.19. The maximum atomic E-state index is 11.6. The van der Waals surface area contributed by atoms with Crippen LogP contribution < -0.4 is 0 Å². The third-order valence-corrected chi connectivity index (χ3v) is 5.19. The van der Waals surface area contributed by atoms with Crippen molar-refractivity contribution in [1.29, 1.82) is 0 Å². The van der Waals surface area contributed by atoms with Crippen LogP contribution in [0.2, 0.25) is 0 Å². The van der Waals surface area contributed by atoms with Crippen molar-refractivity contribution in [2.45, 2.75) is 122 Å². The Morgan fingerprint density at radius 3 is 1.68 bits per heavy atom. The van der Waals surface area contributed by atoms with Crippen LogP contribution in [0.3, 0.4) is 0 Å². The van der Waals surface area contributed by atoms with Gasteiger partial charge in [-0.3, -0.25) is 4.79 Å². The molecular formula is C22H44O6. The van der Waals surface area contributed by atoms with E-state index in [1.807, 2.05) is 6.92 Å². The monoisotopic (exact) mass is 404 g/mol. The lowest BCUT2D eigenvalue weighted by molar-refractivity contribution is -0.151. The van der Waals surface area contributed by atoms with E-state index in [0.29, 0.717) is 25.7 Å². The molecule has 0 aromatic heterocycles. The molecule has 3 atom stereocenters. The zero-order valence-corrected chi connectivity index (χ0v) is 17.9. The normalized spacial score (nSPS) is 14.6. The summed E-state index contributed by atoms with van der Waals surface area (Å²) in [5.74, 6) is -0.243. The molecule has 0 aliphatic heterocycles. The van der Waals surface area contributed by atoms with E-state index in [9.17, 15) is 15.0 Å². The molecule has 0 saturated heterocycles. The van der Waals surface area contributed by atoms with Gasteiger partial charge in [-0.05, 0) is 32.1 Å². The van der Waals surface area contributed by atoms with Crippen LogP contribution in [0, 0.1) is 0 Å². The Balaban J connectivity index is 3.50. The van der Waals surface area contributed by atoms with Gasteiger partial charge in [-0.25, -0.2) is 0 Å². The molecule has 0 aromatic carbocycles. The number of ether oxygens (including phenoxy) is 1. The van der Waals surface area contributed by atoms with Gasteiger partial charge in [0.2, 0.25) is 0 Å². The molecule has 0 spiro atoms. The molecule has 0 radical (unpaired) electrons. The van der Waals surface area contributed by atoms with E-state index in [-0.39, 0.29) is 25.3 Å². The van der Waals surface area contributed by atoms with E-state index >= 15 is 0 Å². The molecule has 0 saturated carbocycles. The molecule has 28 heavy (non-hydrogen) atoms. The van der Waals surface area contributed by atoms with Crippen molar-refractivity contribution in [3.63, 3.8) is 0 Å². The van der Waals surface area contributed by atoms with Crippen molar-refractivity contribution in [3.05, 3.63) is 0 Å². The highest BCUT2D eigenvalue weighted by atomic mass is 16.5. The Bertz CT molecular complexity index is 346. The van der Waals surface area contributed by atoms with Crippen LogP contribution in [0.25, 0.3) is 0 Å². The summed E-state index contributed by atoms with van der Waals surface area (Å²) in [6, 6.07) is 0. The second-order valence-corrected chi connectivity index (χ2v) is 7.78. The number of rotatable bonds is 20. The van der Waals surface area contributed by atoms with E-state index in [1.54, 1.807) is 0 Å². The topological polar surface area (TPSA) is 107 Å². The van der Waals surface area contributed by atoms with Crippen molar-refractivity contribution in [3.8, 4) is 0 Å². The fourth-order valence-corrected chi connectivity index (χ4v) is 3.20. The largest absolute Gasteiger partial charge is 0.460 e. The Hall–Kier alpha value is -0.690.